The van der Waals surface area contributed by atoms with Gasteiger partial charge < -0.3 is 10.1 Å². The number of ether oxygens (including phenoxy) is 1. The highest BCUT2D eigenvalue weighted by atomic mass is 127. The van der Waals surface area contributed by atoms with E-state index in [1.807, 2.05) is 0 Å². The average Bonchev–Trinajstić information content (AvgIpc) is 2.27. The maximum Gasteiger partial charge on any atom is 0.146 e. The lowest BCUT2D eigenvalue weighted by atomic mass is 10.2. The summed E-state index contributed by atoms with van der Waals surface area (Å²) in [4.78, 5) is 0. The minimum Gasteiger partial charge on any atom is -0.491 e. The Bertz CT molecular complexity index is 361. The third-order valence-corrected chi connectivity index (χ3v) is 4.62. The molecule has 0 aromatic heterocycles. The van der Waals surface area contributed by atoms with Gasteiger partial charge in [0.05, 0.1) is 13.7 Å². The molecule has 0 aliphatic carbocycles. The van der Waals surface area contributed by atoms with Crippen LogP contribution < -0.4 is 10.1 Å². The molecular weight excluding hydrogens is 567 g/mol. The monoisotopic (exact) mass is 585 g/mol. The first-order chi connectivity index (χ1) is 8.54. The van der Waals surface area contributed by atoms with E-state index in [0.29, 0.717) is 5.92 Å². The smallest absolute Gasteiger partial charge is 0.146 e. The highest BCUT2D eigenvalue weighted by molar-refractivity contribution is 14.1. The summed E-state index contributed by atoms with van der Waals surface area (Å²) >= 11 is 7.02. The van der Waals surface area contributed by atoms with Crippen molar-refractivity contribution in [2.24, 2.45) is 5.92 Å². The Labute approximate surface area is 150 Å². The number of benzene rings is 1. The molecule has 1 rings (SSSR count). The van der Waals surface area contributed by atoms with Gasteiger partial charge in [-0.15, -0.1) is 0 Å². The first-order valence-corrected chi connectivity index (χ1v) is 9.26. The topological polar surface area (TPSA) is 21.3 Å². The first-order valence-electron chi connectivity index (χ1n) is 6.02. The highest BCUT2D eigenvalue weighted by Crippen LogP contribution is 2.29. The largest absolute Gasteiger partial charge is 0.491 e. The molecule has 102 valence electrons. The van der Waals surface area contributed by atoms with E-state index in [9.17, 15) is 0 Å². The van der Waals surface area contributed by atoms with E-state index >= 15 is 0 Å². The van der Waals surface area contributed by atoms with Crippen molar-refractivity contribution < 1.29 is 4.74 Å². The second kappa shape index (κ2) is 9.17. The van der Waals surface area contributed by atoms with Crippen LogP contribution in [-0.4, -0.2) is 19.7 Å². The van der Waals surface area contributed by atoms with E-state index in [-0.39, 0.29) is 0 Å². The van der Waals surface area contributed by atoms with E-state index in [1.165, 1.54) is 17.1 Å². The summed E-state index contributed by atoms with van der Waals surface area (Å²) in [7, 11) is 0. The summed E-state index contributed by atoms with van der Waals surface area (Å²) in [6.45, 7) is 7.27. The van der Waals surface area contributed by atoms with Crippen LogP contribution in [0.15, 0.2) is 12.1 Å². The van der Waals surface area contributed by atoms with Crippen molar-refractivity contribution in [2.75, 3.05) is 19.7 Å². The number of halogens is 3. The summed E-state index contributed by atoms with van der Waals surface area (Å²) < 4.78 is 9.60. The second-order valence-electron chi connectivity index (χ2n) is 4.32. The minimum atomic E-state index is 0.530. The van der Waals surface area contributed by atoms with Gasteiger partial charge in [-0.3, -0.25) is 0 Å². The van der Waals surface area contributed by atoms with Crippen LogP contribution in [0, 0.1) is 16.6 Å². The number of rotatable bonds is 7. The predicted octanol–water partition coefficient (Wildman–Crippen LogP) is 4.51. The summed E-state index contributed by atoms with van der Waals surface area (Å²) in [5, 5.41) is 3.42. The van der Waals surface area contributed by atoms with E-state index in [1.54, 1.807) is 0 Å². The summed E-state index contributed by atoms with van der Waals surface area (Å²) in [6.07, 6.45) is 1.18. The van der Waals surface area contributed by atoms with E-state index in [2.05, 4.69) is 99.1 Å². The number of hydrogen-bond acceptors (Lipinski definition) is 2. The highest BCUT2D eigenvalue weighted by Gasteiger charge is 2.10. The third-order valence-electron chi connectivity index (χ3n) is 2.39. The van der Waals surface area contributed by atoms with Crippen molar-refractivity contribution >= 4 is 67.8 Å². The Hall–Kier alpha value is 1.17. The van der Waals surface area contributed by atoms with Crippen LogP contribution in [0.2, 0.25) is 0 Å². The fourth-order valence-electron chi connectivity index (χ4n) is 1.48. The van der Waals surface area contributed by atoms with Gasteiger partial charge in [0, 0.05) is 16.0 Å². The maximum atomic E-state index is 5.96. The molecule has 0 fully saturated rings. The van der Waals surface area contributed by atoms with Crippen LogP contribution in [0.4, 0.5) is 0 Å². The van der Waals surface area contributed by atoms with E-state index in [0.717, 1.165) is 25.4 Å². The molecule has 0 saturated carbocycles. The summed E-state index contributed by atoms with van der Waals surface area (Å²) in [5.41, 5.74) is 0. The first kappa shape index (κ1) is 17.2. The van der Waals surface area contributed by atoms with Crippen LogP contribution in [0.25, 0.3) is 0 Å². The lowest BCUT2D eigenvalue weighted by Crippen LogP contribution is -2.25. The van der Waals surface area contributed by atoms with Gasteiger partial charge in [0.15, 0.2) is 0 Å². The Kier molecular flexibility index (Phi) is 8.77. The van der Waals surface area contributed by atoms with Crippen LogP contribution in [0.1, 0.15) is 20.3 Å². The molecule has 0 saturated heterocycles. The van der Waals surface area contributed by atoms with Gasteiger partial charge in [-0.25, -0.2) is 0 Å². The van der Waals surface area contributed by atoms with Crippen molar-refractivity contribution in [2.45, 2.75) is 20.3 Å². The molecule has 0 aliphatic rings. The quantitative estimate of drug-likeness (QED) is 0.376. The van der Waals surface area contributed by atoms with Gasteiger partial charge in [-0.2, -0.15) is 0 Å². The van der Waals surface area contributed by atoms with Gasteiger partial charge in [0.25, 0.3) is 0 Å². The van der Waals surface area contributed by atoms with Crippen LogP contribution in [-0.2, 0) is 0 Å². The molecule has 1 N–H and O–H groups in total. The van der Waals surface area contributed by atoms with Gasteiger partial charge in [-0.1, -0.05) is 13.8 Å². The lowest BCUT2D eigenvalue weighted by molar-refractivity contribution is 0.252. The Morgan fingerprint density at radius 3 is 2.39 bits per heavy atom. The van der Waals surface area contributed by atoms with Gasteiger partial charge in [-0.05, 0) is 92.9 Å². The Morgan fingerprint density at radius 1 is 1.22 bits per heavy atom. The van der Waals surface area contributed by atoms with E-state index < -0.39 is 0 Å². The zero-order valence-electron chi connectivity index (χ0n) is 10.6. The zero-order valence-corrected chi connectivity index (χ0v) is 17.1. The molecule has 1 aromatic carbocycles. The fourth-order valence-corrected chi connectivity index (χ4v) is 5.37. The molecule has 2 nitrogen and oxygen atoms in total. The molecule has 1 unspecified atom stereocenters. The van der Waals surface area contributed by atoms with Crippen LogP contribution in [0.5, 0.6) is 5.75 Å². The fraction of sp³-hybridized carbons (Fsp3) is 0.538. The van der Waals surface area contributed by atoms with Crippen molar-refractivity contribution in [3.63, 3.8) is 0 Å². The van der Waals surface area contributed by atoms with Gasteiger partial charge >= 0.3 is 0 Å². The van der Waals surface area contributed by atoms with Gasteiger partial charge in [0.1, 0.15) is 5.75 Å². The van der Waals surface area contributed by atoms with Crippen molar-refractivity contribution in [3.8, 4) is 5.75 Å². The molecule has 0 amide bonds. The second-order valence-corrected chi connectivity index (χ2v) is 7.89. The molecule has 0 bridgehead atoms. The van der Waals surface area contributed by atoms with Crippen molar-refractivity contribution in [1.82, 2.24) is 5.32 Å². The molecule has 18 heavy (non-hydrogen) atoms. The summed E-state index contributed by atoms with van der Waals surface area (Å²) in [5.74, 6) is 1.56. The normalized spacial score (nSPS) is 12.5. The molecule has 0 aliphatic heterocycles. The number of hydrogen-bond donors (Lipinski definition) is 1. The molecule has 0 spiro atoms. The van der Waals surface area contributed by atoms with Crippen LogP contribution in [0.3, 0.4) is 0 Å². The van der Waals surface area contributed by atoms with Crippen molar-refractivity contribution in [1.29, 1.82) is 0 Å². The molecule has 0 heterocycles. The third kappa shape index (κ3) is 6.08. The SMILES string of the molecule is CCCNCC(C)COc1c(I)cc(I)cc1I. The Balaban J connectivity index is 2.48. The van der Waals surface area contributed by atoms with Crippen molar-refractivity contribution in [3.05, 3.63) is 22.8 Å². The zero-order chi connectivity index (χ0) is 13.5. The average molecular weight is 585 g/mol. The lowest BCUT2D eigenvalue weighted by Gasteiger charge is -2.16. The number of nitrogens with one attached hydrogen (secondary N) is 1. The molecule has 0 radical (unpaired) electrons. The summed E-state index contributed by atoms with van der Waals surface area (Å²) in [6, 6.07) is 4.30. The minimum absolute atomic E-state index is 0.530. The standard InChI is InChI=1S/C13H18I3NO/c1-3-4-17-7-9(2)8-18-13-11(15)5-10(14)6-12(13)16/h5-6,9,17H,3-4,7-8H2,1-2H3. The molecular formula is C13H18I3NO. The molecule has 1 atom stereocenters. The Morgan fingerprint density at radius 2 is 1.83 bits per heavy atom. The molecule has 5 heteroatoms. The maximum absolute atomic E-state index is 5.96. The molecule has 1 aromatic rings. The van der Waals surface area contributed by atoms with Gasteiger partial charge in [0.2, 0.25) is 0 Å². The predicted molar refractivity (Wildman–Crippen MR) is 102 cm³/mol. The van der Waals surface area contributed by atoms with Crippen LogP contribution >= 0.6 is 67.8 Å². The van der Waals surface area contributed by atoms with E-state index in [4.69, 9.17) is 4.74 Å².